The Morgan fingerprint density at radius 2 is 1.70 bits per heavy atom. The third kappa shape index (κ3) is 3.00. The summed E-state index contributed by atoms with van der Waals surface area (Å²) < 4.78 is 0. The van der Waals surface area contributed by atoms with Gasteiger partial charge < -0.3 is 4.90 Å². The Kier molecular flexibility index (Phi) is 4.71. The number of benzene rings is 1. The molecule has 1 aromatic rings. The second kappa shape index (κ2) is 6.75. The second-order valence-electron chi connectivity index (χ2n) is 6.07. The van der Waals surface area contributed by atoms with Crippen LogP contribution in [-0.2, 0) is 16.0 Å². The van der Waals surface area contributed by atoms with Gasteiger partial charge in [-0.2, -0.15) is 0 Å². The number of nitrogens with zero attached hydrogens (tertiary/aromatic N) is 2. The number of carbonyl (C=O) groups is 2. The molecule has 2 aliphatic rings. The van der Waals surface area contributed by atoms with Gasteiger partial charge in [0, 0.05) is 13.1 Å². The minimum Gasteiger partial charge on any atom is -0.366 e. The van der Waals surface area contributed by atoms with E-state index >= 15 is 0 Å². The van der Waals surface area contributed by atoms with Crippen molar-refractivity contribution in [3.05, 3.63) is 40.6 Å². The molecule has 0 N–H and O–H groups in total. The molecule has 1 aromatic carbocycles. The Balaban J connectivity index is 1.81. The molecule has 5 heteroatoms. The number of aryl methyl sites for hydroxylation is 1. The minimum absolute atomic E-state index is 0.0481. The summed E-state index contributed by atoms with van der Waals surface area (Å²) in [7, 11) is 0. The Hall–Kier alpha value is -1.81. The fourth-order valence-electron chi connectivity index (χ4n) is 3.13. The van der Waals surface area contributed by atoms with Crippen LogP contribution in [-0.4, -0.2) is 29.8 Å². The molecule has 0 unspecified atom stereocenters. The summed E-state index contributed by atoms with van der Waals surface area (Å²) >= 11 is 6.17. The van der Waals surface area contributed by atoms with E-state index in [0.717, 1.165) is 45.2 Å². The highest BCUT2D eigenvalue weighted by Gasteiger charge is 2.41. The fraction of sp³-hybridized carbons (Fsp3) is 0.444. The molecular weight excluding hydrogens is 312 g/mol. The summed E-state index contributed by atoms with van der Waals surface area (Å²) in [5.41, 5.74) is 2.17. The molecule has 0 atom stereocenters. The summed E-state index contributed by atoms with van der Waals surface area (Å²) in [5, 5.41) is 0.0481. The minimum atomic E-state index is -0.417. The summed E-state index contributed by atoms with van der Waals surface area (Å²) in [6, 6.07) is 7.62. The quantitative estimate of drug-likeness (QED) is 0.775. The number of hydrogen-bond acceptors (Lipinski definition) is 3. The predicted octanol–water partition coefficient (Wildman–Crippen LogP) is 3.45. The van der Waals surface area contributed by atoms with E-state index in [1.54, 1.807) is 0 Å². The Bertz CT molecular complexity index is 645. The standard InChI is InChI=1S/C18H21ClN2O2/c1-2-3-6-13-7-9-14(10-8-13)21-17(22)15(19)16(18(21)23)20-11-4-5-12-20/h7-10H,2-6,11-12H2,1H3. The van der Waals surface area contributed by atoms with Crippen LogP contribution in [0.4, 0.5) is 5.69 Å². The van der Waals surface area contributed by atoms with Crippen LogP contribution in [0.1, 0.15) is 38.2 Å². The lowest BCUT2D eigenvalue weighted by molar-refractivity contribution is -0.121. The first-order valence-electron chi connectivity index (χ1n) is 8.26. The van der Waals surface area contributed by atoms with E-state index in [9.17, 15) is 9.59 Å². The number of amides is 2. The lowest BCUT2D eigenvalue weighted by atomic mass is 10.1. The van der Waals surface area contributed by atoms with Crippen molar-refractivity contribution < 1.29 is 9.59 Å². The first-order valence-corrected chi connectivity index (χ1v) is 8.63. The maximum atomic E-state index is 12.7. The molecule has 3 rings (SSSR count). The van der Waals surface area contributed by atoms with Gasteiger partial charge in [0.1, 0.15) is 10.7 Å². The summed E-state index contributed by atoms with van der Waals surface area (Å²) in [5.74, 6) is -0.719. The number of unbranched alkanes of at least 4 members (excludes halogenated alkanes) is 1. The maximum Gasteiger partial charge on any atom is 0.283 e. The van der Waals surface area contributed by atoms with Crippen LogP contribution in [0.25, 0.3) is 0 Å². The molecule has 0 saturated carbocycles. The van der Waals surface area contributed by atoms with E-state index in [0.29, 0.717) is 11.4 Å². The molecule has 0 spiro atoms. The van der Waals surface area contributed by atoms with Gasteiger partial charge in [-0.15, -0.1) is 0 Å². The highest BCUT2D eigenvalue weighted by Crippen LogP contribution is 2.32. The van der Waals surface area contributed by atoms with E-state index in [-0.39, 0.29) is 10.9 Å². The summed E-state index contributed by atoms with van der Waals surface area (Å²) in [6.45, 7) is 3.73. The van der Waals surface area contributed by atoms with Crippen LogP contribution in [0.5, 0.6) is 0 Å². The average molecular weight is 333 g/mol. The van der Waals surface area contributed by atoms with Gasteiger partial charge in [0.2, 0.25) is 0 Å². The van der Waals surface area contributed by atoms with Crippen LogP contribution in [0.2, 0.25) is 0 Å². The normalized spacial score (nSPS) is 18.5. The van der Waals surface area contributed by atoms with Gasteiger partial charge in [0.05, 0.1) is 5.69 Å². The molecule has 1 fully saturated rings. The first-order chi connectivity index (χ1) is 11.1. The van der Waals surface area contributed by atoms with Crippen molar-refractivity contribution in [2.75, 3.05) is 18.0 Å². The molecule has 4 nitrogen and oxygen atoms in total. The maximum absolute atomic E-state index is 12.7. The number of carbonyl (C=O) groups excluding carboxylic acids is 2. The van der Waals surface area contributed by atoms with Crippen molar-refractivity contribution >= 4 is 29.1 Å². The monoisotopic (exact) mass is 332 g/mol. The van der Waals surface area contributed by atoms with Crippen molar-refractivity contribution in [3.63, 3.8) is 0 Å². The Morgan fingerprint density at radius 1 is 1.04 bits per heavy atom. The highest BCUT2D eigenvalue weighted by atomic mass is 35.5. The number of hydrogen-bond donors (Lipinski definition) is 0. The lowest BCUT2D eigenvalue weighted by Crippen LogP contribution is -2.34. The van der Waals surface area contributed by atoms with Crippen LogP contribution < -0.4 is 4.90 Å². The fourth-order valence-corrected chi connectivity index (χ4v) is 3.42. The van der Waals surface area contributed by atoms with Crippen LogP contribution in [0.15, 0.2) is 35.0 Å². The molecular formula is C18H21ClN2O2. The van der Waals surface area contributed by atoms with E-state index in [2.05, 4.69) is 6.92 Å². The Labute approximate surface area is 141 Å². The number of anilines is 1. The second-order valence-corrected chi connectivity index (χ2v) is 6.45. The molecule has 2 heterocycles. The molecule has 0 aromatic heterocycles. The van der Waals surface area contributed by atoms with Crippen molar-refractivity contribution in [2.24, 2.45) is 0 Å². The van der Waals surface area contributed by atoms with Gasteiger partial charge in [0.25, 0.3) is 11.8 Å². The van der Waals surface area contributed by atoms with E-state index < -0.39 is 5.91 Å². The molecule has 122 valence electrons. The van der Waals surface area contributed by atoms with Crippen LogP contribution >= 0.6 is 11.6 Å². The first kappa shape index (κ1) is 16.1. The SMILES string of the molecule is CCCCc1ccc(N2C(=O)C(Cl)=C(N3CCCC3)C2=O)cc1. The molecule has 2 aliphatic heterocycles. The van der Waals surface area contributed by atoms with Crippen molar-refractivity contribution in [1.82, 2.24) is 4.90 Å². The van der Waals surface area contributed by atoms with Gasteiger partial charge in [-0.1, -0.05) is 37.1 Å². The zero-order chi connectivity index (χ0) is 16.4. The molecule has 23 heavy (non-hydrogen) atoms. The van der Waals surface area contributed by atoms with Crippen LogP contribution in [0.3, 0.4) is 0 Å². The number of imide groups is 1. The van der Waals surface area contributed by atoms with Gasteiger partial charge >= 0.3 is 0 Å². The van der Waals surface area contributed by atoms with E-state index in [1.807, 2.05) is 29.2 Å². The molecule has 0 radical (unpaired) electrons. The molecule has 0 bridgehead atoms. The predicted molar refractivity (Wildman–Crippen MR) is 91.2 cm³/mol. The third-order valence-corrected chi connectivity index (χ3v) is 4.78. The lowest BCUT2D eigenvalue weighted by Gasteiger charge is -2.20. The third-order valence-electron chi connectivity index (χ3n) is 4.44. The number of halogens is 1. The average Bonchev–Trinajstić information content (AvgIpc) is 3.14. The van der Waals surface area contributed by atoms with Gasteiger partial charge in [-0.3, -0.25) is 9.59 Å². The van der Waals surface area contributed by atoms with Gasteiger partial charge in [-0.25, -0.2) is 4.90 Å². The smallest absolute Gasteiger partial charge is 0.283 e. The van der Waals surface area contributed by atoms with E-state index in [4.69, 9.17) is 11.6 Å². The largest absolute Gasteiger partial charge is 0.366 e. The molecule has 0 aliphatic carbocycles. The zero-order valence-electron chi connectivity index (χ0n) is 13.3. The van der Waals surface area contributed by atoms with Crippen molar-refractivity contribution in [2.45, 2.75) is 39.0 Å². The molecule has 2 amide bonds. The molecule has 1 saturated heterocycles. The van der Waals surface area contributed by atoms with Gasteiger partial charge in [0.15, 0.2) is 0 Å². The topological polar surface area (TPSA) is 40.6 Å². The number of rotatable bonds is 5. The summed E-state index contributed by atoms with van der Waals surface area (Å²) in [4.78, 5) is 28.2. The zero-order valence-corrected chi connectivity index (χ0v) is 14.1. The Morgan fingerprint density at radius 3 is 2.30 bits per heavy atom. The van der Waals surface area contributed by atoms with Crippen molar-refractivity contribution in [3.8, 4) is 0 Å². The van der Waals surface area contributed by atoms with Crippen molar-refractivity contribution in [1.29, 1.82) is 0 Å². The highest BCUT2D eigenvalue weighted by molar-refractivity contribution is 6.52. The number of likely N-dealkylation sites (tertiary alicyclic amines) is 1. The van der Waals surface area contributed by atoms with E-state index in [1.165, 1.54) is 10.5 Å². The van der Waals surface area contributed by atoms with Crippen LogP contribution in [0, 0.1) is 0 Å². The summed E-state index contributed by atoms with van der Waals surface area (Å²) in [6.07, 6.45) is 5.34. The van der Waals surface area contributed by atoms with Gasteiger partial charge in [-0.05, 0) is 43.4 Å².